The summed E-state index contributed by atoms with van der Waals surface area (Å²) in [5, 5.41) is 0. The number of alkyl halides is 2. The van der Waals surface area contributed by atoms with Crippen molar-refractivity contribution in [2.45, 2.75) is 23.5 Å². The van der Waals surface area contributed by atoms with Gasteiger partial charge in [-0.15, -0.1) is 0 Å². The first kappa shape index (κ1) is 15.6. The molecule has 0 saturated carbocycles. The summed E-state index contributed by atoms with van der Waals surface area (Å²) in [5.41, 5.74) is 0. The van der Waals surface area contributed by atoms with Crippen LogP contribution in [0.2, 0.25) is 0 Å². The molecule has 7 heteroatoms. The van der Waals surface area contributed by atoms with E-state index >= 15 is 0 Å². The second-order valence-electron chi connectivity index (χ2n) is 2.63. The molecule has 0 heterocycles. The molecule has 0 aliphatic rings. The number of carbonyl (C=O) groups is 3. The van der Waals surface area contributed by atoms with Gasteiger partial charge in [-0.05, 0) is 13.8 Å². The van der Waals surface area contributed by atoms with E-state index in [2.05, 4.69) is 41.3 Å². The molecule has 0 fully saturated rings. The Bertz CT molecular complexity index is 253. The Hall–Kier alpha value is -0.430. The molecule has 0 aromatic heterocycles. The van der Waals surface area contributed by atoms with Crippen LogP contribution in [0.1, 0.15) is 13.8 Å². The van der Waals surface area contributed by atoms with Crippen molar-refractivity contribution in [1.82, 2.24) is 0 Å². The maximum atomic E-state index is 11.6. The van der Waals surface area contributed by atoms with Gasteiger partial charge in [-0.1, -0.05) is 31.9 Å². The van der Waals surface area contributed by atoms with Crippen molar-refractivity contribution in [1.29, 1.82) is 0 Å². The van der Waals surface area contributed by atoms with Crippen molar-refractivity contribution < 1.29 is 23.9 Å². The van der Waals surface area contributed by atoms with Crippen molar-refractivity contribution >= 4 is 49.6 Å². The molecule has 2 atom stereocenters. The lowest BCUT2D eigenvalue weighted by Crippen LogP contribution is -2.37. The second kappa shape index (κ2) is 7.78. The van der Waals surface area contributed by atoms with Crippen LogP contribution in [-0.4, -0.2) is 40.6 Å². The number of hydrogen-bond acceptors (Lipinski definition) is 5. The van der Waals surface area contributed by atoms with Crippen LogP contribution in [0.5, 0.6) is 0 Å². The molecule has 0 aromatic rings. The normalized spacial score (nSPS) is 13.8. The zero-order valence-corrected chi connectivity index (χ0v) is 12.0. The molecule has 0 N–H and O–H groups in total. The van der Waals surface area contributed by atoms with Gasteiger partial charge in [-0.25, -0.2) is 0 Å². The fourth-order valence-electron chi connectivity index (χ4n) is 0.792. The van der Waals surface area contributed by atoms with Gasteiger partial charge in [0.15, 0.2) is 15.4 Å². The van der Waals surface area contributed by atoms with Gasteiger partial charge in [0.25, 0.3) is 0 Å². The monoisotopic (exact) mass is 358 g/mol. The number of rotatable bonds is 6. The summed E-state index contributed by atoms with van der Waals surface area (Å²) in [7, 11) is 0. The van der Waals surface area contributed by atoms with Gasteiger partial charge in [-0.2, -0.15) is 0 Å². The number of carbonyl (C=O) groups excluding carboxylic acids is 3. The van der Waals surface area contributed by atoms with Crippen LogP contribution in [0, 0.1) is 0 Å². The average Bonchev–Trinajstić information content (AvgIpc) is 2.26. The Morgan fingerprint density at radius 1 is 0.938 bits per heavy atom. The average molecular weight is 360 g/mol. The minimum Gasteiger partial charge on any atom is -0.465 e. The van der Waals surface area contributed by atoms with E-state index in [4.69, 9.17) is 0 Å². The lowest BCUT2D eigenvalue weighted by atomic mass is 10.2. The Balaban J connectivity index is 4.42. The molecule has 0 saturated heterocycles. The van der Waals surface area contributed by atoms with Crippen LogP contribution in [0.25, 0.3) is 0 Å². The van der Waals surface area contributed by atoms with Crippen LogP contribution in [-0.2, 0) is 23.9 Å². The molecule has 2 unspecified atom stereocenters. The molecule has 0 amide bonds. The number of hydrogen-bond donors (Lipinski definition) is 0. The van der Waals surface area contributed by atoms with Gasteiger partial charge in [-0.3, -0.25) is 14.4 Å². The predicted octanol–water partition coefficient (Wildman–Crippen LogP) is 1.21. The third-order valence-electron chi connectivity index (χ3n) is 1.49. The predicted molar refractivity (Wildman–Crippen MR) is 63.7 cm³/mol. The van der Waals surface area contributed by atoms with Crippen LogP contribution in [0.3, 0.4) is 0 Å². The largest absolute Gasteiger partial charge is 0.465 e. The lowest BCUT2D eigenvalue weighted by molar-refractivity contribution is -0.147. The Morgan fingerprint density at radius 2 is 1.25 bits per heavy atom. The van der Waals surface area contributed by atoms with Crippen molar-refractivity contribution in [3.63, 3.8) is 0 Å². The number of Topliss-reactive ketones (excluding diaryl/α,β-unsaturated/α-hetero) is 1. The highest BCUT2D eigenvalue weighted by Gasteiger charge is 2.34. The standard InChI is InChI=1S/C9H12Br2O5/c1-3-15-8(13)5(10)7(12)6(11)9(14)16-4-2/h5-6H,3-4H2,1-2H3. The van der Waals surface area contributed by atoms with Gasteiger partial charge >= 0.3 is 11.9 Å². The highest BCUT2D eigenvalue weighted by molar-refractivity contribution is 9.11. The second-order valence-corrected chi connectivity index (χ2v) is 4.46. The van der Waals surface area contributed by atoms with E-state index in [0.717, 1.165) is 0 Å². The molecule has 92 valence electrons. The maximum absolute atomic E-state index is 11.6. The summed E-state index contributed by atoms with van der Waals surface area (Å²) in [6, 6.07) is 0. The number of esters is 2. The third-order valence-corrected chi connectivity index (χ3v) is 3.14. The molecular weight excluding hydrogens is 348 g/mol. The molecule has 16 heavy (non-hydrogen) atoms. The van der Waals surface area contributed by atoms with E-state index in [-0.39, 0.29) is 13.2 Å². The smallest absolute Gasteiger partial charge is 0.327 e. The summed E-state index contributed by atoms with van der Waals surface area (Å²) in [4.78, 5) is 31.7. The quantitative estimate of drug-likeness (QED) is 0.405. The van der Waals surface area contributed by atoms with Crippen molar-refractivity contribution in [3.8, 4) is 0 Å². The van der Waals surface area contributed by atoms with Gasteiger partial charge in [0, 0.05) is 0 Å². The fourth-order valence-corrected chi connectivity index (χ4v) is 1.94. The van der Waals surface area contributed by atoms with E-state index in [9.17, 15) is 14.4 Å². The number of ether oxygens (including phenoxy) is 2. The SMILES string of the molecule is CCOC(=O)C(Br)C(=O)C(Br)C(=O)OCC. The van der Waals surface area contributed by atoms with Crippen molar-refractivity contribution in [3.05, 3.63) is 0 Å². The first-order chi connectivity index (χ1) is 7.45. The Kier molecular flexibility index (Phi) is 7.57. The van der Waals surface area contributed by atoms with E-state index in [0.29, 0.717) is 0 Å². The zero-order valence-electron chi connectivity index (χ0n) is 8.87. The highest BCUT2D eigenvalue weighted by Crippen LogP contribution is 2.13. The first-order valence-corrected chi connectivity index (χ1v) is 6.43. The molecule has 0 aliphatic heterocycles. The fraction of sp³-hybridized carbons (Fsp3) is 0.667. The van der Waals surface area contributed by atoms with Crippen LogP contribution < -0.4 is 0 Å². The summed E-state index contributed by atoms with van der Waals surface area (Å²) in [6.07, 6.45) is 0. The van der Waals surface area contributed by atoms with Crippen LogP contribution in [0.4, 0.5) is 0 Å². The van der Waals surface area contributed by atoms with E-state index in [1.54, 1.807) is 13.8 Å². The lowest BCUT2D eigenvalue weighted by Gasteiger charge is -2.11. The molecule has 0 bridgehead atoms. The minimum absolute atomic E-state index is 0.167. The van der Waals surface area contributed by atoms with Crippen molar-refractivity contribution in [2.24, 2.45) is 0 Å². The van der Waals surface area contributed by atoms with E-state index in [1.807, 2.05) is 0 Å². The van der Waals surface area contributed by atoms with E-state index in [1.165, 1.54) is 0 Å². The summed E-state index contributed by atoms with van der Waals surface area (Å²) in [6.45, 7) is 3.58. The molecular formula is C9H12Br2O5. The zero-order chi connectivity index (χ0) is 12.7. The Labute approximate surface area is 110 Å². The minimum atomic E-state index is -1.17. The molecule has 5 nitrogen and oxygen atoms in total. The highest BCUT2D eigenvalue weighted by atomic mass is 79.9. The molecule has 0 rings (SSSR count). The van der Waals surface area contributed by atoms with Crippen LogP contribution in [0.15, 0.2) is 0 Å². The maximum Gasteiger partial charge on any atom is 0.327 e. The van der Waals surface area contributed by atoms with Gasteiger partial charge in [0.05, 0.1) is 13.2 Å². The summed E-state index contributed by atoms with van der Waals surface area (Å²) in [5.74, 6) is -2.08. The van der Waals surface area contributed by atoms with Gasteiger partial charge in [0.1, 0.15) is 0 Å². The van der Waals surface area contributed by atoms with Gasteiger partial charge in [0.2, 0.25) is 0 Å². The Morgan fingerprint density at radius 3 is 1.50 bits per heavy atom. The molecule has 0 spiro atoms. The summed E-state index contributed by atoms with van der Waals surface area (Å²) >= 11 is 5.74. The number of ketones is 1. The van der Waals surface area contributed by atoms with E-state index < -0.39 is 27.4 Å². The number of halogens is 2. The molecule has 0 aromatic carbocycles. The van der Waals surface area contributed by atoms with Gasteiger partial charge < -0.3 is 9.47 Å². The molecule has 0 radical (unpaired) electrons. The summed E-state index contributed by atoms with van der Waals surface area (Å²) < 4.78 is 9.27. The third kappa shape index (κ3) is 4.61. The first-order valence-electron chi connectivity index (χ1n) is 4.60. The topological polar surface area (TPSA) is 69.7 Å². The molecule has 0 aliphatic carbocycles. The van der Waals surface area contributed by atoms with Crippen LogP contribution >= 0.6 is 31.9 Å². The van der Waals surface area contributed by atoms with Crippen molar-refractivity contribution in [2.75, 3.05) is 13.2 Å².